The summed E-state index contributed by atoms with van der Waals surface area (Å²) < 4.78 is 21.7. The van der Waals surface area contributed by atoms with Gasteiger partial charge < -0.3 is 29.1 Å². The van der Waals surface area contributed by atoms with Crippen molar-refractivity contribution in [3.05, 3.63) is 35.9 Å². The largest absolute Gasteiger partial charge is 0.445 e. The highest BCUT2D eigenvalue weighted by atomic mass is 16.9. The highest BCUT2D eigenvalue weighted by Crippen LogP contribution is 2.39. The molecule has 23 heavy (non-hydrogen) atoms. The van der Waals surface area contributed by atoms with Gasteiger partial charge in [-0.05, 0) is 5.56 Å². The van der Waals surface area contributed by atoms with E-state index in [9.17, 15) is 9.59 Å². The fourth-order valence-corrected chi connectivity index (χ4v) is 2.44. The van der Waals surface area contributed by atoms with Crippen molar-refractivity contribution in [3.63, 3.8) is 0 Å². The van der Waals surface area contributed by atoms with E-state index in [1.807, 2.05) is 37.3 Å². The van der Waals surface area contributed by atoms with Crippen molar-refractivity contribution in [2.24, 2.45) is 5.41 Å². The molecule has 0 aliphatic carbocycles. The highest BCUT2D eigenvalue weighted by Gasteiger charge is 2.55. The Hall–Kier alpha value is -1.96. The highest BCUT2D eigenvalue weighted by molar-refractivity contribution is 5.73. The first-order valence-corrected chi connectivity index (χ1v) is 7.40. The van der Waals surface area contributed by atoms with Gasteiger partial charge in [0, 0.05) is 5.41 Å². The molecule has 1 aromatic carbocycles. The second-order valence-electron chi connectivity index (χ2n) is 6.10. The van der Waals surface area contributed by atoms with Crippen LogP contribution in [0.4, 0.5) is 4.79 Å². The van der Waals surface area contributed by atoms with Gasteiger partial charge in [0.15, 0.2) is 12.3 Å². The van der Waals surface area contributed by atoms with Crippen LogP contribution in [0.3, 0.4) is 0 Å². The van der Waals surface area contributed by atoms with E-state index in [1.165, 1.54) is 0 Å². The first-order chi connectivity index (χ1) is 11.1. The predicted molar refractivity (Wildman–Crippen MR) is 78.3 cm³/mol. The lowest BCUT2D eigenvalue weighted by Crippen LogP contribution is -2.67. The number of nitrogens with one attached hydrogen (secondary N) is 1. The summed E-state index contributed by atoms with van der Waals surface area (Å²) in [6, 6.07) is 8.14. The third-order valence-corrected chi connectivity index (χ3v) is 3.87. The van der Waals surface area contributed by atoms with Gasteiger partial charge in [-0.25, -0.2) is 4.79 Å². The van der Waals surface area contributed by atoms with Crippen molar-refractivity contribution in [3.8, 4) is 0 Å². The Morgan fingerprint density at radius 3 is 2.43 bits per heavy atom. The molecule has 3 aliphatic rings. The summed E-state index contributed by atoms with van der Waals surface area (Å²) in [5.41, 5.74) is 0.626. The number of benzene rings is 1. The number of alkyl carbamates (subject to hydrolysis) is 1. The SMILES string of the molecule is CC12COC([C@H](C=O)NC(=O)OCc3ccccc3)(OC1)OC2. The van der Waals surface area contributed by atoms with E-state index >= 15 is 0 Å². The molecule has 3 fully saturated rings. The van der Waals surface area contributed by atoms with E-state index in [0.29, 0.717) is 26.1 Å². The predicted octanol–water partition coefficient (Wildman–Crippen LogP) is 1.22. The number of carbonyl (C=O) groups is 2. The monoisotopic (exact) mass is 321 g/mol. The lowest BCUT2D eigenvalue weighted by atomic mass is 9.91. The molecule has 3 aliphatic heterocycles. The molecule has 0 radical (unpaired) electrons. The Morgan fingerprint density at radius 1 is 1.26 bits per heavy atom. The zero-order chi connectivity index (χ0) is 16.3. The summed E-state index contributed by atoms with van der Waals surface area (Å²) in [5, 5.41) is 2.43. The zero-order valence-corrected chi connectivity index (χ0v) is 12.8. The number of ether oxygens (including phenoxy) is 4. The molecular formula is C16H19NO6. The number of aldehydes is 1. The van der Waals surface area contributed by atoms with Gasteiger partial charge in [-0.3, -0.25) is 0 Å². The summed E-state index contributed by atoms with van der Waals surface area (Å²) in [5.74, 6) is -1.56. The van der Waals surface area contributed by atoms with E-state index in [1.54, 1.807) is 0 Å². The summed E-state index contributed by atoms with van der Waals surface area (Å²) >= 11 is 0. The molecule has 0 unspecified atom stereocenters. The lowest BCUT2D eigenvalue weighted by Gasteiger charge is -2.51. The maximum absolute atomic E-state index is 11.9. The number of carbonyl (C=O) groups excluding carboxylic acids is 2. The number of hydrogen-bond donors (Lipinski definition) is 1. The Morgan fingerprint density at radius 2 is 1.87 bits per heavy atom. The molecule has 2 bridgehead atoms. The van der Waals surface area contributed by atoms with Gasteiger partial charge in [0.2, 0.25) is 0 Å². The Labute approximate surface area is 133 Å². The van der Waals surface area contributed by atoms with Crippen molar-refractivity contribution >= 4 is 12.4 Å². The van der Waals surface area contributed by atoms with Crippen molar-refractivity contribution in [2.45, 2.75) is 25.5 Å². The zero-order valence-electron chi connectivity index (χ0n) is 12.8. The third kappa shape index (κ3) is 3.36. The average molecular weight is 321 g/mol. The van der Waals surface area contributed by atoms with E-state index < -0.39 is 18.1 Å². The van der Waals surface area contributed by atoms with Gasteiger partial charge in [-0.15, -0.1) is 0 Å². The van der Waals surface area contributed by atoms with Gasteiger partial charge >= 0.3 is 12.1 Å². The van der Waals surface area contributed by atoms with Crippen LogP contribution in [0.2, 0.25) is 0 Å². The summed E-state index contributed by atoms with van der Waals surface area (Å²) in [4.78, 5) is 23.3. The van der Waals surface area contributed by atoms with Crippen LogP contribution in [0.1, 0.15) is 12.5 Å². The normalized spacial score (nSPS) is 30.5. The second kappa shape index (κ2) is 6.27. The molecule has 3 heterocycles. The maximum Gasteiger partial charge on any atom is 0.408 e. The number of hydrogen-bond acceptors (Lipinski definition) is 6. The van der Waals surface area contributed by atoms with E-state index in [0.717, 1.165) is 5.56 Å². The van der Waals surface area contributed by atoms with Crippen LogP contribution in [-0.4, -0.2) is 44.2 Å². The fraction of sp³-hybridized carbons (Fsp3) is 0.500. The summed E-state index contributed by atoms with van der Waals surface area (Å²) in [6.07, 6.45) is -0.215. The van der Waals surface area contributed by atoms with Crippen LogP contribution in [0.5, 0.6) is 0 Å². The Kier molecular flexibility index (Phi) is 4.34. The molecule has 7 nitrogen and oxygen atoms in total. The molecule has 124 valence electrons. The van der Waals surface area contributed by atoms with Gasteiger partial charge in [0.05, 0.1) is 19.8 Å². The minimum absolute atomic E-state index is 0.103. The second-order valence-corrected chi connectivity index (χ2v) is 6.10. The molecule has 1 N–H and O–H groups in total. The van der Waals surface area contributed by atoms with Crippen LogP contribution in [0.25, 0.3) is 0 Å². The van der Waals surface area contributed by atoms with Crippen molar-refractivity contribution < 1.29 is 28.5 Å². The molecule has 1 aromatic rings. The van der Waals surface area contributed by atoms with Crippen LogP contribution in [0, 0.1) is 5.41 Å². The fourth-order valence-electron chi connectivity index (χ4n) is 2.44. The van der Waals surface area contributed by atoms with Crippen molar-refractivity contribution in [1.82, 2.24) is 5.32 Å². The quantitative estimate of drug-likeness (QED) is 0.821. The van der Waals surface area contributed by atoms with Crippen LogP contribution in [0.15, 0.2) is 30.3 Å². The molecule has 0 aromatic heterocycles. The molecule has 7 heteroatoms. The molecule has 1 atom stereocenters. The standard InChI is InChI=1S/C16H19NO6/c1-15-9-21-16(22-10-15,23-11-15)13(7-18)17-14(19)20-8-12-5-3-2-4-6-12/h2-7,13H,8-11H2,1H3,(H,17,19)/t13-,15?,16?/m0/s1. The molecule has 0 saturated carbocycles. The molecule has 3 saturated heterocycles. The molecule has 4 rings (SSSR count). The van der Waals surface area contributed by atoms with Crippen LogP contribution in [-0.2, 0) is 30.3 Å². The van der Waals surface area contributed by atoms with Crippen LogP contribution < -0.4 is 5.32 Å². The smallest absolute Gasteiger partial charge is 0.408 e. The summed E-state index contributed by atoms with van der Waals surface area (Å²) in [7, 11) is 0. The van der Waals surface area contributed by atoms with E-state index in [4.69, 9.17) is 18.9 Å². The van der Waals surface area contributed by atoms with E-state index in [-0.39, 0.29) is 12.0 Å². The van der Waals surface area contributed by atoms with Gasteiger partial charge in [0.25, 0.3) is 0 Å². The van der Waals surface area contributed by atoms with E-state index in [2.05, 4.69) is 5.32 Å². The maximum atomic E-state index is 11.9. The third-order valence-electron chi connectivity index (χ3n) is 3.87. The minimum Gasteiger partial charge on any atom is -0.445 e. The van der Waals surface area contributed by atoms with Crippen molar-refractivity contribution in [1.29, 1.82) is 0 Å². The topological polar surface area (TPSA) is 83.1 Å². The molecule has 1 amide bonds. The number of rotatable bonds is 5. The van der Waals surface area contributed by atoms with Gasteiger partial charge in [-0.2, -0.15) is 0 Å². The van der Waals surface area contributed by atoms with Gasteiger partial charge in [-0.1, -0.05) is 37.3 Å². The number of fused-ring (bicyclic) bond motifs is 3. The Bertz CT molecular complexity index is 551. The Balaban J connectivity index is 1.57. The molecule has 0 spiro atoms. The van der Waals surface area contributed by atoms with Crippen LogP contribution >= 0.6 is 0 Å². The minimum atomic E-state index is -1.56. The lowest BCUT2D eigenvalue weighted by molar-refractivity contribution is -0.468. The number of amides is 1. The first kappa shape index (κ1) is 15.9. The average Bonchev–Trinajstić information content (AvgIpc) is 2.60. The van der Waals surface area contributed by atoms with Crippen molar-refractivity contribution in [2.75, 3.05) is 19.8 Å². The van der Waals surface area contributed by atoms with Gasteiger partial charge in [0.1, 0.15) is 6.61 Å². The summed E-state index contributed by atoms with van der Waals surface area (Å²) in [6.45, 7) is 3.27. The first-order valence-electron chi connectivity index (χ1n) is 7.40. The molecular weight excluding hydrogens is 302 g/mol.